The van der Waals surface area contributed by atoms with Crippen LogP contribution in [-0.4, -0.2) is 29.3 Å². The molecule has 3 aliphatic heterocycles. The predicted octanol–water partition coefficient (Wildman–Crippen LogP) is 2.18. The highest BCUT2D eigenvalue weighted by molar-refractivity contribution is 6.19. The Balaban J connectivity index is 1.63. The lowest BCUT2D eigenvalue weighted by atomic mass is 9.70. The molecule has 1 spiro atoms. The highest BCUT2D eigenvalue weighted by atomic mass is 16.6. The third-order valence-electron chi connectivity index (χ3n) is 6.09. The smallest absolute Gasteiger partial charge is 0.269 e. The third kappa shape index (κ3) is 2.11. The van der Waals surface area contributed by atoms with Gasteiger partial charge in [-0.3, -0.25) is 25.1 Å². The lowest BCUT2D eigenvalue weighted by Crippen LogP contribution is -2.56. The van der Waals surface area contributed by atoms with Gasteiger partial charge in [0.1, 0.15) is 0 Å². The lowest BCUT2D eigenvalue weighted by Gasteiger charge is -2.43. The van der Waals surface area contributed by atoms with Gasteiger partial charge in [0.2, 0.25) is 0 Å². The molecule has 8 heteroatoms. The van der Waals surface area contributed by atoms with E-state index < -0.39 is 10.3 Å². The summed E-state index contributed by atoms with van der Waals surface area (Å²) in [5.41, 5.74) is 3.61. The summed E-state index contributed by atoms with van der Waals surface area (Å²) in [7, 11) is 0. The number of nitrogens with zero attached hydrogens (tertiary/aromatic N) is 3. The number of rotatable bonds is 2. The van der Waals surface area contributed by atoms with Crippen LogP contribution in [0.5, 0.6) is 0 Å². The zero-order valence-electron chi connectivity index (χ0n) is 15.0. The van der Waals surface area contributed by atoms with Crippen molar-refractivity contribution in [3.8, 4) is 0 Å². The average Bonchev–Trinajstić information content (AvgIpc) is 3.29. The third-order valence-corrected chi connectivity index (χ3v) is 6.09. The molecule has 2 saturated heterocycles. The van der Waals surface area contributed by atoms with Crippen molar-refractivity contribution in [3.63, 3.8) is 0 Å². The van der Waals surface area contributed by atoms with Crippen LogP contribution in [0.2, 0.25) is 0 Å². The molecule has 2 aromatic carbocycles. The number of benzene rings is 2. The number of carbonyl (C=O) groups excluding carboxylic acids is 2. The summed E-state index contributed by atoms with van der Waals surface area (Å²) in [5.74, 6) is -0.631. The zero-order chi connectivity index (χ0) is 19.5. The van der Waals surface area contributed by atoms with Crippen LogP contribution < -0.4 is 15.3 Å². The molecule has 28 heavy (non-hydrogen) atoms. The summed E-state index contributed by atoms with van der Waals surface area (Å²) >= 11 is 0. The van der Waals surface area contributed by atoms with Gasteiger partial charge in [-0.1, -0.05) is 18.2 Å². The number of hydrazine groups is 1. The van der Waals surface area contributed by atoms with Gasteiger partial charge in [0.05, 0.1) is 16.7 Å². The van der Waals surface area contributed by atoms with Crippen molar-refractivity contribution in [1.29, 1.82) is 0 Å². The molecular weight excluding hydrogens is 360 g/mol. The molecule has 0 aromatic heterocycles. The summed E-state index contributed by atoms with van der Waals surface area (Å²) in [6, 6.07) is 13.5. The Bertz CT molecular complexity index is 1010. The first-order valence-corrected chi connectivity index (χ1v) is 9.27. The molecule has 0 unspecified atom stereocenters. The van der Waals surface area contributed by atoms with Gasteiger partial charge in [-0.05, 0) is 36.6 Å². The number of anilines is 2. The Hall–Kier alpha value is -3.42. The molecule has 5 rings (SSSR count). The van der Waals surface area contributed by atoms with Gasteiger partial charge in [-0.15, -0.1) is 0 Å². The van der Waals surface area contributed by atoms with Crippen LogP contribution >= 0.6 is 0 Å². The fraction of sp³-hybridized carbons (Fsp3) is 0.300. The maximum atomic E-state index is 13.5. The molecule has 2 amide bonds. The summed E-state index contributed by atoms with van der Waals surface area (Å²) in [5, 5.41) is 12.6. The molecule has 0 radical (unpaired) electrons. The number of para-hydroxylation sites is 1. The average molecular weight is 378 g/mol. The SMILES string of the molecule is O=C1NN(c2ccccc2)C(=O)[C@]12Cc1cc([N+](=O)[O-])ccc1N1CCC[C@H]12. The predicted molar refractivity (Wildman–Crippen MR) is 102 cm³/mol. The largest absolute Gasteiger partial charge is 0.367 e. The van der Waals surface area contributed by atoms with Crippen LogP contribution in [0, 0.1) is 15.5 Å². The number of nitro groups is 1. The molecular formula is C20H18N4O4. The molecule has 0 saturated carbocycles. The summed E-state index contributed by atoms with van der Waals surface area (Å²) in [6.07, 6.45) is 1.77. The van der Waals surface area contributed by atoms with Crippen molar-refractivity contribution < 1.29 is 14.5 Å². The van der Waals surface area contributed by atoms with E-state index in [-0.39, 0.29) is 30.0 Å². The first-order valence-electron chi connectivity index (χ1n) is 9.27. The van der Waals surface area contributed by atoms with E-state index in [0.29, 0.717) is 11.3 Å². The number of nitro benzene ring substituents is 1. The fourth-order valence-electron chi connectivity index (χ4n) is 4.85. The second kappa shape index (κ2) is 5.79. The topological polar surface area (TPSA) is 95.8 Å². The van der Waals surface area contributed by atoms with Crippen molar-refractivity contribution >= 4 is 28.9 Å². The number of hydrogen-bond donors (Lipinski definition) is 1. The van der Waals surface area contributed by atoms with E-state index in [1.165, 1.54) is 17.1 Å². The molecule has 2 atom stereocenters. The molecule has 3 heterocycles. The van der Waals surface area contributed by atoms with Gasteiger partial charge in [-0.25, -0.2) is 5.01 Å². The highest BCUT2D eigenvalue weighted by Crippen LogP contribution is 2.49. The van der Waals surface area contributed by atoms with Crippen LogP contribution in [0.15, 0.2) is 48.5 Å². The van der Waals surface area contributed by atoms with Crippen molar-refractivity contribution in [2.75, 3.05) is 16.5 Å². The number of carbonyl (C=O) groups is 2. The number of fused-ring (bicyclic) bond motifs is 4. The molecule has 142 valence electrons. The minimum absolute atomic E-state index is 0.0303. The van der Waals surface area contributed by atoms with Crippen LogP contribution in [0.25, 0.3) is 0 Å². The van der Waals surface area contributed by atoms with Crippen molar-refractivity contribution in [3.05, 3.63) is 64.2 Å². The number of amides is 2. The first-order chi connectivity index (χ1) is 13.5. The Morgan fingerprint density at radius 3 is 2.68 bits per heavy atom. The van der Waals surface area contributed by atoms with E-state index in [9.17, 15) is 19.7 Å². The van der Waals surface area contributed by atoms with Crippen molar-refractivity contribution in [2.45, 2.75) is 25.3 Å². The first kappa shape index (κ1) is 16.7. The van der Waals surface area contributed by atoms with Crippen molar-refractivity contribution in [1.82, 2.24) is 5.43 Å². The monoisotopic (exact) mass is 378 g/mol. The van der Waals surface area contributed by atoms with Crippen LogP contribution in [0.1, 0.15) is 18.4 Å². The number of hydrogen-bond acceptors (Lipinski definition) is 5. The quantitative estimate of drug-likeness (QED) is 0.491. The Kier molecular flexibility index (Phi) is 3.46. The number of nitrogens with one attached hydrogen (secondary N) is 1. The molecule has 0 bridgehead atoms. The minimum Gasteiger partial charge on any atom is -0.367 e. The van der Waals surface area contributed by atoms with Gasteiger partial charge in [0, 0.05) is 30.8 Å². The van der Waals surface area contributed by atoms with Gasteiger partial charge in [0.15, 0.2) is 5.41 Å². The Morgan fingerprint density at radius 1 is 1.14 bits per heavy atom. The lowest BCUT2D eigenvalue weighted by molar-refractivity contribution is -0.384. The molecule has 2 fully saturated rings. The van der Waals surface area contributed by atoms with E-state index >= 15 is 0 Å². The molecule has 1 N–H and O–H groups in total. The normalized spacial score (nSPS) is 25.6. The molecule has 0 aliphatic carbocycles. The maximum absolute atomic E-state index is 13.5. The van der Waals surface area contributed by atoms with Gasteiger partial charge >= 0.3 is 0 Å². The maximum Gasteiger partial charge on any atom is 0.269 e. The van der Waals surface area contributed by atoms with E-state index in [1.807, 2.05) is 6.07 Å². The minimum atomic E-state index is -1.27. The highest BCUT2D eigenvalue weighted by Gasteiger charge is 2.63. The summed E-state index contributed by atoms with van der Waals surface area (Å²) < 4.78 is 0. The van der Waals surface area contributed by atoms with Crippen LogP contribution in [-0.2, 0) is 16.0 Å². The van der Waals surface area contributed by atoms with E-state index in [0.717, 1.165) is 25.1 Å². The standard InChI is InChI=1S/C20H18N4O4/c25-18-20(19(26)23(21-18)14-5-2-1-3-6-14)12-13-11-15(24(27)28)8-9-16(13)22-10-4-7-17(20)22/h1-3,5-6,8-9,11,17H,4,7,10,12H2,(H,21,25)/t17-,20-/m0/s1. The summed E-state index contributed by atoms with van der Waals surface area (Å²) in [6.45, 7) is 0.725. The van der Waals surface area contributed by atoms with Crippen molar-refractivity contribution in [2.24, 2.45) is 5.41 Å². The Morgan fingerprint density at radius 2 is 1.93 bits per heavy atom. The fourth-order valence-corrected chi connectivity index (χ4v) is 4.85. The van der Waals surface area contributed by atoms with Crippen LogP contribution in [0.3, 0.4) is 0 Å². The van der Waals surface area contributed by atoms with E-state index in [4.69, 9.17) is 0 Å². The summed E-state index contributed by atoms with van der Waals surface area (Å²) in [4.78, 5) is 39.6. The number of non-ortho nitro benzene ring substituents is 1. The second-order valence-corrected chi connectivity index (χ2v) is 7.49. The molecule has 8 nitrogen and oxygen atoms in total. The molecule has 2 aromatic rings. The van der Waals surface area contributed by atoms with Gasteiger partial charge < -0.3 is 4.90 Å². The van der Waals surface area contributed by atoms with Gasteiger partial charge in [-0.2, -0.15) is 0 Å². The van der Waals surface area contributed by atoms with Gasteiger partial charge in [0.25, 0.3) is 17.5 Å². The molecule has 3 aliphatic rings. The zero-order valence-corrected chi connectivity index (χ0v) is 15.0. The second-order valence-electron chi connectivity index (χ2n) is 7.49. The van der Waals surface area contributed by atoms with Crippen LogP contribution in [0.4, 0.5) is 17.1 Å². The Labute approximate surface area is 160 Å². The van der Waals surface area contributed by atoms with E-state index in [2.05, 4.69) is 10.3 Å². The van der Waals surface area contributed by atoms with E-state index in [1.54, 1.807) is 30.3 Å².